The quantitative estimate of drug-likeness (QED) is 0.417. The van der Waals surface area contributed by atoms with Crippen molar-refractivity contribution >= 4 is 11.6 Å². The molecule has 1 saturated heterocycles. The van der Waals surface area contributed by atoms with Crippen molar-refractivity contribution in [3.8, 4) is 11.8 Å². The van der Waals surface area contributed by atoms with Gasteiger partial charge in [0, 0.05) is 25.0 Å². The normalized spacial score (nSPS) is 14.6. The van der Waals surface area contributed by atoms with Gasteiger partial charge in [0.15, 0.2) is 0 Å². The number of rotatable bonds is 9. The molecule has 1 fully saturated rings. The lowest BCUT2D eigenvalue weighted by molar-refractivity contribution is -0.130. The van der Waals surface area contributed by atoms with Crippen LogP contribution in [0.15, 0.2) is 36.0 Å². The second-order valence-corrected chi connectivity index (χ2v) is 6.15. The fourth-order valence-corrected chi connectivity index (χ4v) is 2.60. The number of amides is 1. The van der Waals surface area contributed by atoms with E-state index in [0.29, 0.717) is 26.3 Å². The van der Waals surface area contributed by atoms with Crippen LogP contribution in [0.2, 0.25) is 0 Å². The maximum absolute atomic E-state index is 12.3. The fraction of sp³-hybridized carbons (Fsp3) is 0.500. The highest BCUT2D eigenvalue weighted by molar-refractivity contribution is 5.97. The van der Waals surface area contributed by atoms with E-state index in [1.54, 1.807) is 4.90 Å². The fourth-order valence-electron chi connectivity index (χ4n) is 2.60. The third-order valence-electron chi connectivity index (χ3n) is 4.15. The number of nitrogens with one attached hydrogen (secondary N) is 1. The molecule has 26 heavy (non-hydrogen) atoms. The Bertz CT molecular complexity index is 629. The van der Waals surface area contributed by atoms with E-state index in [-0.39, 0.29) is 11.5 Å². The number of carbonyl (C=O) groups excluding carboxylic acids is 1. The highest BCUT2D eigenvalue weighted by atomic mass is 16.5. The number of anilines is 1. The lowest BCUT2D eigenvalue weighted by atomic mass is 10.2. The predicted molar refractivity (Wildman–Crippen MR) is 101 cm³/mol. The summed E-state index contributed by atoms with van der Waals surface area (Å²) in [6, 6.07) is 9.46. The van der Waals surface area contributed by atoms with Crippen LogP contribution in [0.5, 0.6) is 5.75 Å². The van der Waals surface area contributed by atoms with Crippen LogP contribution in [0, 0.1) is 11.3 Å². The predicted octanol–water partition coefficient (Wildman–Crippen LogP) is 3.32. The monoisotopic (exact) mass is 357 g/mol. The van der Waals surface area contributed by atoms with Gasteiger partial charge in [-0.15, -0.1) is 0 Å². The highest BCUT2D eigenvalue weighted by Crippen LogP contribution is 2.17. The van der Waals surface area contributed by atoms with Crippen molar-refractivity contribution in [3.05, 3.63) is 36.0 Å². The average molecular weight is 357 g/mol. The first-order valence-electron chi connectivity index (χ1n) is 9.21. The zero-order valence-electron chi connectivity index (χ0n) is 15.4. The molecule has 0 aliphatic carbocycles. The van der Waals surface area contributed by atoms with Gasteiger partial charge in [-0.3, -0.25) is 4.79 Å². The highest BCUT2D eigenvalue weighted by Gasteiger charge is 2.20. The Balaban J connectivity index is 1.83. The summed E-state index contributed by atoms with van der Waals surface area (Å²) in [5.41, 5.74) is 0.883. The molecule has 0 saturated carbocycles. The first-order valence-corrected chi connectivity index (χ1v) is 9.21. The van der Waals surface area contributed by atoms with Crippen LogP contribution in [-0.4, -0.2) is 43.7 Å². The van der Waals surface area contributed by atoms with Crippen molar-refractivity contribution in [2.75, 3.05) is 38.2 Å². The Hall–Kier alpha value is -2.52. The number of nitriles is 1. The summed E-state index contributed by atoms with van der Waals surface area (Å²) in [5.74, 6) is 0.552. The van der Waals surface area contributed by atoms with Gasteiger partial charge in [-0.25, -0.2) is 0 Å². The number of unbranched alkanes of at least 4 members (excludes halogenated alkanes) is 3. The van der Waals surface area contributed by atoms with Gasteiger partial charge in [-0.05, 0) is 30.7 Å². The molecular weight excluding hydrogens is 330 g/mol. The van der Waals surface area contributed by atoms with Crippen LogP contribution in [0.25, 0.3) is 0 Å². The van der Waals surface area contributed by atoms with Crippen LogP contribution in [0.3, 0.4) is 0 Å². The van der Waals surface area contributed by atoms with Crippen LogP contribution in [-0.2, 0) is 9.53 Å². The molecule has 1 aromatic carbocycles. The van der Waals surface area contributed by atoms with Crippen molar-refractivity contribution in [2.45, 2.75) is 32.6 Å². The van der Waals surface area contributed by atoms with Crippen LogP contribution in [0.1, 0.15) is 32.6 Å². The standard InChI is InChI=1S/C20H27N3O3/c1-2-3-4-5-12-26-19-8-6-18(7-9-19)22-16-17(15-21)20(24)23-10-13-25-14-11-23/h6-9,16,22H,2-5,10-14H2,1H3/b17-16+. The van der Waals surface area contributed by atoms with Crippen molar-refractivity contribution in [1.82, 2.24) is 4.90 Å². The SMILES string of the molecule is CCCCCCOc1ccc(N/C=C(\C#N)C(=O)N2CCOCC2)cc1. The van der Waals surface area contributed by atoms with Gasteiger partial charge in [0.2, 0.25) is 0 Å². The molecule has 0 unspecified atom stereocenters. The molecule has 1 amide bonds. The minimum Gasteiger partial charge on any atom is -0.494 e. The molecule has 140 valence electrons. The molecule has 0 radical (unpaired) electrons. The minimum absolute atomic E-state index is 0.0863. The lowest BCUT2D eigenvalue weighted by Crippen LogP contribution is -2.41. The zero-order valence-corrected chi connectivity index (χ0v) is 15.4. The number of carbonyl (C=O) groups is 1. The number of nitrogens with zero attached hydrogens (tertiary/aromatic N) is 2. The number of hydrogen-bond donors (Lipinski definition) is 1. The molecule has 0 atom stereocenters. The Kier molecular flexibility index (Phi) is 8.50. The summed E-state index contributed by atoms with van der Waals surface area (Å²) in [4.78, 5) is 14.0. The molecule has 6 heteroatoms. The molecule has 6 nitrogen and oxygen atoms in total. The summed E-state index contributed by atoms with van der Waals surface area (Å²) in [5, 5.41) is 12.3. The molecule has 1 aromatic rings. The Morgan fingerprint density at radius 2 is 2.00 bits per heavy atom. The molecular formula is C20H27N3O3. The number of hydrogen-bond acceptors (Lipinski definition) is 5. The van der Waals surface area contributed by atoms with Gasteiger partial charge in [-0.2, -0.15) is 5.26 Å². The molecule has 0 spiro atoms. The summed E-state index contributed by atoms with van der Waals surface area (Å²) in [7, 11) is 0. The summed E-state index contributed by atoms with van der Waals surface area (Å²) < 4.78 is 10.9. The van der Waals surface area contributed by atoms with E-state index in [1.807, 2.05) is 30.3 Å². The van der Waals surface area contributed by atoms with Crippen LogP contribution < -0.4 is 10.1 Å². The minimum atomic E-state index is -0.268. The van der Waals surface area contributed by atoms with Crippen molar-refractivity contribution in [1.29, 1.82) is 5.26 Å². The maximum Gasteiger partial charge on any atom is 0.266 e. The van der Waals surface area contributed by atoms with E-state index in [4.69, 9.17) is 9.47 Å². The molecule has 0 bridgehead atoms. The Morgan fingerprint density at radius 1 is 1.27 bits per heavy atom. The first-order chi connectivity index (χ1) is 12.7. The summed E-state index contributed by atoms with van der Waals surface area (Å²) in [6.07, 6.45) is 6.16. The molecule has 1 heterocycles. The van der Waals surface area contributed by atoms with E-state index in [1.165, 1.54) is 25.5 Å². The smallest absolute Gasteiger partial charge is 0.266 e. The second-order valence-electron chi connectivity index (χ2n) is 6.15. The third kappa shape index (κ3) is 6.41. The Labute approximate surface area is 155 Å². The van der Waals surface area contributed by atoms with Crippen molar-refractivity contribution < 1.29 is 14.3 Å². The molecule has 2 rings (SSSR count). The molecule has 1 N–H and O–H groups in total. The van der Waals surface area contributed by atoms with Gasteiger partial charge in [0.1, 0.15) is 17.4 Å². The van der Waals surface area contributed by atoms with E-state index in [9.17, 15) is 10.1 Å². The maximum atomic E-state index is 12.3. The second kappa shape index (κ2) is 11.2. The van der Waals surface area contributed by atoms with Gasteiger partial charge >= 0.3 is 0 Å². The zero-order chi connectivity index (χ0) is 18.6. The molecule has 1 aliphatic heterocycles. The van der Waals surface area contributed by atoms with E-state index in [2.05, 4.69) is 12.2 Å². The third-order valence-corrected chi connectivity index (χ3v) is 4.15. The van der Waals surface area contributed by atoms with Gasteiger partial charge in [0.05, 0.1) is 19.8 Å². The van der Waals surface area contributed by atoms with Crippen LogP contribution >= 0.6 is 0 Å². The molecule has 0 aromatic heterocycles. The van der Waals surface area contributed by atoms with E-state index in [0.717, 1.165) is 24.5 Å². The van der Waals surface area contributed by atoms with Crippen LogP contribution in [0.4, 0.5) is 5.69 Å². The number of morpholine rings is 1. The van der Waals surface area contributed by atoms with E-state index < -0.39 is 0 Å². The van der Waals surface area contributed by atoms with Gasteiger partial charge in [0.25, 0.3) is 5.91 Å². The summed E-state index contributed by atoms with van der Waals surface area (Å²) in [6.45, 7) is 4.96. The Morgan fingerprint density at radius 3 is 2.65 bits per heavy atom. The van der Waals surface area contributed by atoms with E-state index >= 15 is 0 Å². The van der Waals surface area contributed by atoms with Crippen molar-refractivity contribution in [2.24, 2.45) is 0 Å². The lowest BCUT2D eigenvalue weighted by Gasteiger charge is -2.26. The van der Waals surface area contributed by atoms with Crippen molar-refractivity contribution in [3.63, 3.8) is 0 Å². The molecule has 1 aliphatic rings. The first kappa shape index (κ1) is 19.8. The van der Waals surface area contributed by atoms with Gasteiger partial charge in [-0.1, -0.05) is 26.2 Å². The van der Waals surface area contributed by atoms with Gasteiger partial charge < -0.3 is 19.7 Å². The summed E-state index contributed by atoms with van der Waals surface area (Å²) >= 11 is 0. The topological polar surface area (TPSA) is 74.6 Å². The average Bonchev–Trinajstić information content (AvgIpc) is 2.70. The number of ether oxygens (including phenoxy) is 2. The largest absolute Gasteiger partial charge is 0.494 e. The number of benzene rings is 1.